The molecule has 0 amide bonds. The van der Waals surface area contributed by atoms with Gasteiger partial charge in [0.1, 0.15) is 23.2 Å². The highest BCUT2D eigenvalue weighted by molar-refractivity contribution is 5.79. The van der Waals surface area contributed by atoms with Crippen LogP contribution in [0.3, 0.4) is 0 Å². The van der Waals surface area contributed by atoms with E-state index in [1.807, 2.05) is 54.6 Å². The Morgan fingerprint density at radius 1 is 1.16 bits per heavy atom. The molecule has 0 aliphatic heterocycles. The fourth-order valence-electron chi connectivity index (χ4n) is 3.15. The number of nitriles is 1. The van der Waals surface area contributed by atoms with E-state index < -0.39 is 0 Å². The van der Waals surface area contributed by atoms with Crippen LogP contribution < -0.4 is 21.1 Å². The summed E-state index contributed by atoms with van der Waals surface area (Å²) in [5.74, 6) is 1.91. The van der Waals surface area contributed by atoms with Crippen molar-refractivity contribution in [3.63, 3.8) is 0 Å². The number of para-hydroxylation sites is 1. The molecular formula is C23H27N7O. The quantitative estimate of drug-likeness (QED) is 0.295. The fourth-order valence-corrected chi connectivity index (χ4v) is 3.15. The van der Waals surface area contributed by atoms with Crippen LogP contribution in [-0.2, 0) is 13.0 Å². The summed E-state index contributed by atoms with van der Waals surface area (Å²) in [6, 6.07) is 19.6. The zero-order chi connectivity index (χ0) is 22.1. The Kier molecular flexibility index (Phi) is 7.49. The number of guanidine groups is 1. The molecule has 0 spiro atoms. The van der Waals surface area contributed by atoms with Gasteiger partial charge in [-0.3, -0.25) is 4.99 Å². The molecule has 0 atom stereocenters. The molecule has 8 nitrogen and oxygen atoms in total. The lowest BCUT2D eigenvalue weighted by Crippen LogP contribution is -2.37. The lowest BCUT2D eigenvalue weighted by atomic mass is 10.1. The Bertz CT molecular complexity index is 1050. The first-order chi connectivity index (χ1) is 15.2. The van der Waals surface area contributed by atoms with Crippen molar-refractivity contribution in [2.24, 2.45) is 4.99 Å². The van der Waals surface area contributed by atoms with Gasteiger partial charge in [-0.2, -0.15) is 10.4 Å². The van der Waals surface area contributed by atoms with Gasteiger partial charge in [-0.15, -0.1) is 0 Å². The van der Waals surface area contributed by atoms with Gasteiger partial charge in [0.2, 0.25) is 0 Å². The van der Waals surface area contributed by atoms with Crippen molar-refractivity contribution in [2.75, 3.05) is 26.4 Å². The van der Waals surface area contributed by atoms with Crippen molar-refractivity contribution >= 4 is 11.8 Å². The molecule has 0 bridgehead atoms. The molecular weight excluding hydrogens is 390 g/mol. The lowest BCUT2D eigenvalue weighted by molar-refractivity contribution is 0.414. The van der Waals surface area contributed by atoms with E-state index >= 15 is 0 Å². The smallest absolute Gasteiger partial charge is 0.191 e. The van der Waals surface area contributed by atoms with E-state index in [9.17, 15) is 5.26 Å². The number of anilines is 1. The Morgan fingerprint density at radius 3 is 2.55 bits per heavy atom. The van der Waals surface area contributed by atoms with Crippen LogP contribution in [0.25, 0.3) is 5.69 Å². The third-order valence-electron chi connectivity index (χ3n) is 4.83. The van der Waals surface area contributed by atoms with E-state index in [1.165, 1.54) is 0 Å². The van der Waals surface area contributed by atoms with Gasteiger partial charge in [-0.05, 0) is 42.7 Å². The number of hydrogen-bond acceptors (Lipinski definition) is 5. The number of benzene rings is 2. The molecule has 8 heteroatoms. The van der Waals surface area contributed by atoms with E-state index in [0.29, 0.717) is 42.5 Å². The van der Waals surface area contributed by atoms with Gasteiger partial charge in [0.15, 0.2) is 5.96 Å². The predicted octanol–water partition coefficient (Wildman–Crippen LogP) is 2.63. The van der Waals surface area contributed by atoms with Gasteiger partial charge in [0, 0.05) is 20.1 Å². The van der Waals surface area contributed by atoms with Gasteiger partial charge in [-0.25, -0.2) is 4.68 Å². The maximum atomic E-state index is 9.52. The van der Waals surface area contributed by atoms with Crippen molar-refractivity contribution in [2.45, 2.75) is 19.4 Å². The molecule has 2 aromatic carbocycles. The fraction of sp³-hybridized carbons (Fsp3) is 0.261. The zero-order valence-electron chi connectivity index (χ0n) is 17.8. The van der Waals surface area contributed by atoms with E-state index in [0.717, 1.165) is 23.4 Å². The van der Waals surface area contributed by atoms with Crippen LogP contribution >= 0.6 is 0 Å². The lowest BCUT2D eigenvalue weighted by Gasteiger charge is -2.12. The molecule has 31 heavy (non-hydrogen) atoms. The Morgan fingerprint density at radius 2 is 1.90 bits per heavy atom. The Hall–Kier alpha value is -3.99. The summed E-state index contributed by atoms with van der Waals surface area (Å²) in [5, 5.41) is 20.7. The molecule has 0 saturated carbocycles. The molecule has 1 aromatic heterocycles. The number of hydrogen-bond donors (Lipinski definition) is 3. The molecule has 160 valence electrons. The highest BCUT2D eigenvalue weighted by atomic mass is 16.5. The number of ether oxygens (including phenoxy) is 1. The van der Waals surface area contributed by atoms with Crippen LogP contribution in [0.4, 0.5) is 5.82 Å². The van der Waals surface area contributed by atoms with Gasteiger partial charge in [-0.1, -0.05) is 30.3 Å². The van der Waals surface area contributed by atoms with Crippen molar-refractivity contribution < 1.29 is 4.74 Å². The molecule has 0 unspecified atom stereocenters. The van der Waals surface area contributed by atoms with E-state index in [4.69, 9.17) is 10.5 Å². The summed E-state index contributed by atoms with van der Waals surface area (Å²) in [6.07, 6.45) is 1.42. The highest BCUT2D eigenvalue weighted by Crippen LogP contribution is 2.21. The monoisotopic (exact) mass is 417 g/mol. The minimum absolute atomic E-state index is 0.369. The number of nitrogen functional groups attached to an aromatic ring is 1. The van der Waals surface area contributed by atoms with Crippen molar-refractivity contribution in [3.8, 4) is 17.5 Å². The standard InChI is InChI=1S/C23H27N7O/c1-26-23(28-16-17-10-12-19(31-2)13-11-17)27-14-6-9-21-20(15-24)22(25)30(29-21)18-7-4-3-5-8-18/h3-5,7-8,10-13H,6,9,14,16,25H2,1-2H3,(H2,26,27,28). The van der Waals surface area contributed by atoms with E-state index in [1.54, 1.807) is 18.8 Å². The minimum Gasteiger partial charge on any atom is -0.497 e. The summed E-state index contributed by atoms with van der Waals surface area (Å²) in [5.41, 5.74) is 9.26. The zero-order valence-corrected chi connectivity index (χ0v) is 17.8. The second-order valence-electron chi connectivity index (χ2n) is 6.87. The van der Waals surface area contributed by atoms with Crippen LogP contribution in [0.1, 0.15) is 23.2 Å². The molecule has 0 radical (unpaired) electrons. The first kappa shape index (κ1) is 21.7. The second kappa shape index (κ2) is 10.7. The predicted molar refractivity (Wildman–Crippen MR) is 122 cm³/mol. The van der Waals surface area contributed by atoms with Crippen molar-refractivity contribution in [3.05, 3.63) is 71.4 Å². The van der Waals surface area contributed by atoms with Crippen LogP contribution in [-0.4, -0.2) is 36.4 Å². The summed E-state index contributed by atoms with van der Waals surface area (Å²) in [6.45, 7) is 1.34. The normalized spacial score (nSPS) is 11.1. The number of methoxy groups -OCH3 is 1. The minimum atomic E-state index is 0.369. The molecule has 1 heterocycles. The van der Waals surface area contributed by atoms with Gasteiger partial charge < -0.3 is 21.1 Å². The van der Waals surface area contributed by atoms with Gasteiger partial charge in [0.25, 0.3) is 0 Å². The van der Waals surface area contributed by atoms with Gasteiger partial charge in [0.05, 0.1) is 18.5 Å². The first-order valence-corrected chi connectivity index (χ1v) is 10.1. The Labute approximate surface area is 182 Å². The summed E-state index contributed by atoms with van der Waals surface area (Å²) in [7, 11) is 3.39. The number of rotatable bonds is 8. The van der Waals surface area contributed by atoms with Gasteiger partial charge >= 0.3 is 0 Å². The van der Waals surface area contributed by atoms with Crippen molar-refractivity contribution in [1.29, 1.82) is 5.26 Å². The Balaban J connectivity index is 1.52. The van der Waals surface area contributed by atoms with Crippen LogP contribution in [0.5, 0.6) is 5.75 Å². The van der Waals surface area contributed by atoms with Crippen LogP contribution in [0, 0.1) is 11.3 Å². The van der Waals surface area contributed by atoms with E-state index in [2.05, 4.69) is 26.8 Å². The number of aromatic nitrogens is 2. The average molecular weight is 418 g/mol. The molecule has 3 aromatic rings. The SMILES string of the molecule is CN=C(NCCCc1nn(-c2ccccc2)c(N)c1C#N)NCc1ccc(OC)cc1. The average Bonchev–Trinajstić information content (AvgIpc) is 3.14. The molecule has 0 aliphatic carbocycles. The number of nitrogens with zero attached hydrogens (tertiary/aromatic N) is 4. The summed E-state index contributed by atoms with van der Waals surface area (Å²) in [4.78, 5) is 4.25. The third-order valence-corrected chi connectivity index (χ3v) is 4.83. The summed E-state index contributed by atoms with van der Waals surface area (Å²) < 4.78 is 6.80. The first-order valence-electron chi connectivity index (χ1n) is 10.1. The molecule has 3 rings (SSSR count). The maximum Gasteiger partial charge on any atom is 0.191 e. The third kappa shape index (κ3) is 5.54. The van der Waals surface area contributed by atoms with E-state index in [-0.39, 0.29) is 0 Å². The topological polar surface area (TPSA) is 113 Å². The van der Waals surface area contributed by atoms with Crippen LogP contribution in [0.15, 0.2) is 59.6 Å². The molecule has 0 fully saturated rings. The second-order valence-corrected chi connectivity index (χ2v) is 6.87. The largest absolute Gasteiger partial charge is 0.497 e. The maximum absolute atomic E-state index is 9.52. The number of aryl methyl sites for hydroxylation is 1. The summed E-state index contributed by atoms with van der Waals surface area (Å²) >= 11 is 0. The number of nitrogens with two attached hydrogens (primary N) is 1. The molecule has 0 saturated heterocycles. The molecule has 0 aliphatic rings. The highest BCUT2D eigenvalue weighted by Gasteiger charge is 2.16. The molecule has 4 N–H and O–H groups in total. The van der Waals surface area contributed by atoms with Crippen molar-refractivity contribution in [1.82, 2.24) is 20.4 Å². The number of aliphatic imine (C=N–C) groups is 1. The number of nitrogens with one attached hydrogen (secondary N) is 2. The van der Waals surface area contributed by atoms with Crippen LogP contribution in [0.2, 0.25) is 0 Å².